The molecule has 0 unspecified atom stereocenters. The number of carbonyl (C=O) groups is 1. The highest BCUT2D eigenvalue weighted by Crippen LogP contribution is 2.25. The van der Waals surface area contributed by atoms with Crippen LogP contribution < -0.4 is 0 Å². The standard InChI is InChI=1S/C26H32N4O2/c31-26(24-8-2-1-6-23(24)20-28-15-17-32-18-16-28)30-12-3-5-21(9-13-30)19-22-7-4-11-29-14-10-27-25(22)29/h1-2,4,6-8,10-11,14,21H,3,5,9,12-13,15-20H2/t21-/m1/s1. The fraction of sp³-hybridized carbons (Fsp3) is 0.462. The highest BCUT2D eigenvalue weighted by Gasteiger charge is 2.24. The highest BCUT2D eigenvalue weighted by atomic mass is 16.5. The van der Waals surface area contributed by atoms with Crippen LogP contribution in [0.5, 0.6) is 0 Å². The molecule has 2 saturated heterocycles. The number of imidazole rings is 1. The Morgan fingerprint density at radius 1 is 0.969 bits per heavy atom. The molecule has 2 aliphatic heterocycles. The molecule has 168 valence electrons. The lowest BCUT2D eigenvalue weighted by Crippen LogP contribution is -2.37. The van der Waals surface area contributed by atoms with E-state index >= 15 is 0 Å². The van der Waals surface area contributed by atoms with E-state index in [1.807, 2.05) is 36.8 Å². The number of hydrogen-bond acceptors (Lipinski definition) is 4. The van der Waals surface area contributed by atoms with Gasteiger partial charge in [0.1, 0.15) is 5.65 Å². The third kappa shape index (κ3) is 4.71. The molecule has 6 heteroatoms. The summed E-state index contributed by atoms with van der Waals surface area (Å²) in [5.41, 5.74) is 4.35. The van der Waals surface area contributed by atoms with Gasteiger partial charge in [0.2, 0.25) is 0 Å². The Kier molecular flexibility index (Phi) is 6.51. The molecular weight excluding hydrogens is 400 g/mol. The minimum absolute atomic E-state index is 0.185. The summed E-state index contributed by atoms with van der Waals surface area (Å²) in [6.07, 6.45) is 10.2. The summed E-state index contributed by atoms with van der Waals surface area (Å²) >= 11 is 0. The van der Waals surface area contributed by atoms with Crippen LogP contribution in [0.15, 0.2) is 55.0 Å². The molecule has 1 amide bonds. The number of benzene rings is 1. The van der Waals surface area contributed by atoms with Gasteiger partial charge >= 0.3 is 0 Å². The Morgan fingerprint density at radius 3 is 2.72 bits per heavy atom. The minimum Gasteiger partial charge on any atom is -0.379 e. The summed E-state index contributed by atoms with van der Waals surface area (Å²) in [5, 5.41) is 0. The van der Waals surface area contributed by atoms with Crippen LogP contribution in [0.3, 0.4) is 0 Å². The van der Waals surface area contributed by atoms with Crippen molar-refractivity contribution in [2.45, 2.75) is 32.2 Å². The first-order valence-corrected chi connectivity index (χ1v) is 11.9. The van der Waals surface area contributed by atoms with Crippen molar-refractivity contribution in [3.05, 3.63) is 71.7 Å². The van der Waals surface area contributed by atoms with Crippen LogP contribution in [0.25, 0.3) is 5.65 Å². The first kappa shape index (κ1) is 21.2. The van der Waals surface area contributed by atoms with E-state index in [0.717, 1.165) is 88.4 Å². The van der Waals surface area contributed by atoms with Crippen molar-refractivity contribution in [3.63, 3.8) is 0 Å². The predicted molar refractivity (Wildman–Crippen MR) is 125 cm³/mol. The molecule has 1 aromatic carbocycles. The SMILES string of the molecule is O=C(c1ccccc1CN1CCOCC1)N1CCC[C@@H](Cc2cccn3ccnc23)CC1. The molecule has 4 heterocycles. The summed E-state index contributed by atoms with van der Waals surface area (Å²) in [6, 6.07) is 12.4. The van der Waals surface area contributed by atoms with E-state index in [-0.39, 0.29) is 5.91 Å². The molecule has 3 aromatic rings. The van der Waals surface area contributed by atoms with Crippen LogP contribution in [0.4, 0.5) is 0 Å². The molecule has 0 spiro atoms. The molecular formula is C26H32N4O2. The monoisotopic (exact) mass is 432 g/mol. The number of fused-ring (bicyclic) bond motifs is 1. The summed E-state index contributed by atoms with van der Waals surface area (Å²) in [7, 11) is 0. The lowest BCUT2D eigenvalue weighted by molar-refractivity contribution is 0.0340. The highest BCUT2D eigenvalue weighted by molar-refractivity contribution is 5.95. The van der Waals surface area contributed by atoms with Crippen LogP contribution in [-0.4, -0.2) is 64.5 Å². The molecule has 2 aliphatic rings. The minimum atomic E-state index is 0.185. The van der Waals surface area contributed by atoms with Crippen molar-refractivity contribution < 1.29 is 9.53 Å². The van der Waals surface area contributed by atoms with E-state index < -0.39 is 0 Å². The van der Waals surface area contributed by atoms with Crippen LogP contribution in [-0.2, 0) is 17.7 Å². The molecule has 0 bridgehead atoms. The fourth-order valence-electron chi connectivity index (χ4n) is 5.09. The average molecular weight is 433 g/mol. The number of morpholine rings is 1. The van der Waals surface area contributed by atoms with Gasteiger partial charge in [0.25, 0.3) is 5.91 Å². The topological polar surface area (TPSA) is 50.1 Å². The second-order valence-corrected chi connectivity index (χ2v) is 9.03. The third-order valence-electron chi connectivity index (χ3n) is 6.89. The number of nitrogens with zero attached hydrogens (tertiary/aromatic N) is 4. The Hall–Kier alpha value is -2.70. The van der Waals surface area contributed by atoms with E-state index in [0.29, 0.717) is 5.92 Å². The lowest BCUT2D eigenvalue weighted by atomic mass is 9.93. The summed E-state index contributed by atoms with van der Waals surface area (Å²) in [6.45, 7) is 5.89. The van der Waals surface area contributed by atoms with Crippen LogP contribution in [0, 0.1) is 5.92 Å². The van der Waals surface area contributed by atoms with E-state index in [1.54, 1.807) is 0 Å². The van der Waals surface area contributed by atoms with E-state index in [1.165, 1.54) is 5.56 Å². The zero-order chi connectivity index (χ0) is 21.8. The molecule has 2 aromatic heterocycles. The van der Waals surface area contributed by atoms with Crippen LogP contribution >= 0.6 is 0 Å². The number of likely N-dealkylation sites (tertiary alicyclic amines) is 1. The molecule has 32 heavy (non-hydrogen) atoms. The van der Waals surface area contributed by atoms with Crippen molar-refractivity contribution in [2.24, 2.45) is 5.92 Å². The Bertz CT molecular complexity index is 1060. The van der Waals surface area contributed by atoms with Crippen molar-refractivity contribution in [1.29, 1.82) is 0 Å². The summed E-state index contributed by atoms with van der Waals surface area (Å²) in [4.78, 5) is 22.5. The second kappa shape index (κ2) is 9.84. The molecule has 2 fully saturated rings. The van der Waals surface area contributed by atoms with E-state index in [2.05, 4.69) is 37.4 Å². The van der Waals surface area contributed by atoms with Gasteiger partial charge in [-0.2, -0.15) is 0 Å². The third-order valence-corrected chi connectivity index (χ3v) is 6.89. The van der Waals surface area contributed by atoms with Gasteiger partial charge in [-0.15, -0.1) is 0 Å². The number of hydrogen-bond donors (Lipinski definition) is 0. The van der Waals surface area contributed by atoms with Crippen molar-refractivity contribution in [3.8, 4) is 0 Å². The van der Waals surface area contributed by atoms with Gasteiger partial charge in [0.05, 0.1) is 13.2 Å². The van der Waals surface area contributed by atoms with Gasteiger partial charge in [-0.05, 0) is 54.9 Å². The van der Waals surface area contributed by atoms with Crippen molar-refractivity contribution in [1.82, 2.24) is 19.2 Å². The first-order chi connectivity index (χ1) is 15.8. The largest absolute Gasteiger partial charge is 0.379 e. The molecule has 1 atom stereocenters. The predicted octanol–water partition coefficient (Wildman–Crippen LogP) is 3.65. The number of aromatic nitrogens is 2. The number of amides is 1. The maximum atomic E-state index is 13.5. The second-order valence-electron chi connectivity index (χ2n) is 9.03. The van der Waals surface area contributed by atoms with E-state index in [4.69, 9.17) is 4.74 Å². The van der Waals surface area contributed by atoms with Gasteiger partial charge in [-0.25, -0.2) is 4.98 Å². The molecule has 0 N–H and O–H groups in total. The van der Waals surface area contributed by atoms with Gasteiger partial charge in [0, 0.05) is 56.9 Å². The van der Waals surface area contributed by atoms with Crippen LogP contribution in [0.2, 0.25) is 0 Å². The quantitative estimate of drug-likeness (QED) is 0.618. The number of pyridine rings is 1. The fourth-order valence-corrected chi connectivity index (χ4v) is 5.09. The molecule has 6 nitrogen and oxygen atoms in total. The number of carbonyl (C=O) groups excluding carboxylic acids is 1. The Labute approximate surface area is 189 Å². The zero-order valence-electron chi connectivity index (χ0n) is 18.7. The molecule has 0 saturated carbocycles. The maximum absolute atomic E-state index is 13.5. The molecule has 5 rings (SSSR count). The average Bonchev–Trinajstić information content (AvgIpc) is 3.20. The number of rotatable bonds is 5. The first-order valence-electron chi connectivity index (χ1n) is 11.9. The van der Waals surface area contributed by atoms with Gasteiger partial charge in [-0.3, -0.25) is 9.69 Å². The van der Waals surface area contributed by atoms with Crippen molar-refractivity contribution in [2.75, 3.05) is 39.4 Å². The smallest absolute Gasteiger partial charge is 0.254 e. The maximum Gasteiger partial charge on any atom is 0.254 e. The van der Waals surface area contributed by atoms with Gasteiger partial charge < -0.3 is 14.0 Å². The zero-order valence-corrected chi connectivity index (χ0v) is 18.7. The lowest BCUT2D eigenvalue weighted by Gasteiger charge is -2.28. The van der Waals surface area contributed by atoms with Gasteiger partial charge in [-0.1, -0.05) is 24.3 Å². The Morgan fingerprint density at radius 2 is 1.81 bits per heavy atom. The Balaban J connectivity index is 1.24. The summed E-state index contributed by atoms with van der Waals surface area (Å²) in [5.74, 6) is 0.768. The van der Waals surface area contributed by atoms with Gasteiger partial charge in [0.15, 0.2) is 0 Å². The summed E-state index contributed by atoms with van der Waals surface area (Å²) < 4.78 is 7.56. The molecule has 0 aliphatic carbocycles. The van der Waals surface area contributed by atoms with Crippen LogP contribution in [0.1, 0.15) is 40.7 Å². The molecule has 0 radical (unpaired) electrons. The van der Waals surface area contributed by atoms with Crippen molar-refractivity contribution >= 4 is 11.6 Å². The number of ether oxygens (including phenoxy) is 1. The van der Waals surface area contributed by atoms with E-state index in [9.17, 15) is 4.79 Å². The normalized spacial score (nSPS) is 20.4.